The fraction of sp³-hybridized carbons (Fsp3) is 0.600. The average Bonchev–Trinajstić information content (AvgIpc) is 2.34. The van der Waals surface area contributed by atoms with Gasteiger partial charge in [-0.2, -0.15) is 0 Å². The first-order chi connectivity index (χ1) is 9.40. The Hall–Kier alpha value is -0.620. The largest absolute Gasteiger partial charge is 0.507 e. The summed E-state index contributed by atoms with van der Waals surface area (Å²) < 4.78 is 6.31. The van der Waals surface area contributed by atoms with E-state index < -0.39 is 6.10 Å². The molecule has 0 fully saturated rings. The molecular weight excluding hydrogens is 322 g/mol. The molecule has 0 aliphatic rings. The lowest BCUT2D eigenvalue weighted by Gasteiger charge is -2.14. The van der Waals surface area contributed by atoms with Gasteiger partial charge in [-0.05, 0) is 30.5 Å². The smallest absolute Gasteiger partial charge is 0.123 e. The van der Waals surface area contributed by atoms with Crippen molar-refractivity contribution in [3.8, 4) is 5.75 Å². The van der Waals surface area contributed by atoms with Crippen molar-refractivity contribution in [3.05, 3.63) is 27.7 Å². The summed E-state index contributed by atoms with van der Waals surface area (Å²) >= 11 is 3.41. The summed E-state index contributed by atoms with van der Waals surface area (Å²) in [4.78, 5) is 0. The highest BCUT2D eigenvalue weighted by atomic mass is 79.9. The molecule has 0 aliphatic carbocycles. The number of hydrogen-bond donors (Lipinski definition) is 3. The molecule has 1 aromatic rings. The number of aliphatic hydroxyl groups is 1. The summed E-state index contributed by atoms with van der Waals surface area (Å²) in [7, 11) is 0. The molecule has 0 aliphatic heterocycles. The van der Waals surface area contributed by atoms with Gasteiger partial charge < -0.3 is 20.3 Å². The minimum Gasteiger partial charge on any atom is -0.507 e. The Kier molecular flexibility index (Phi) is 7.51. The van der Waals surface area contributed by atoms with Crippen LogP contribution in [-0.2, 0) is 11.3 Å². The molecule has 0 bridgehead atoms. The molecule has 20 heavy (non-hydrogen) atoms. The summed E-state index contributed by atoms with van der Waals surface area (Å²) in [5, 5.41) is 22.8. The topological polar surface area (TPSA) is 61.7 Å². The fourth-order valence-corrected chi connectivity index (χ4v) is 2.43. The number of halogens is 1. The molecule has 0 radical (unpaired) electrons. The second-order valence-electron chi connectivity index (χ2n) is 5.45. The van der Waals surface area contributed by atoms with Crippen LogP contribution in [0.1, 0.15) is 25.0 Å². The van der Waals surface area contributed by atoms with Crippen LogP contribution in [0.25, 0.3) is 0 Å². The van der Waals surface area contributed by atoms with E-state index in [1.807, 2.05) is 19.1 Å². The van der Waals surface area contributed by atoms with Gasteiger partial charge in [0.25, 0.3) is 0 Å². The molecular formula is C15H24BrNO3. The number of ether oxygens (including phenoxy) is 1. The average molecular weight is 346 g/mol. The number of aromatic hydroxyl groups is 1. The van der Waals surface area contributed by atoms with E-state index >= 15 is 0 Å². The third-order valence-corrected chi connectivity index (χ3v) is 3.26. The van der Waals surface area contributed by atoms with Gasteiger partial charge in [-0.1, -0.05) is 29.8 Å². The lowest BCUT2D eigenvalue weighted by molar-refractivity contribution is 0.0260. The van der Waals surface area contributed by atoms with Crippen LogP contribution in [0.4, 0.5) is 0 Å². The quantitative estimate of drug-likeness (QED) is 0.677. The number of rotatable bonds is 8. The second-order valence-corrected chi connectivity index (χ2v) is 6.36. The van der Waals surface area contributed by atoms with Gasteiger partial charge in [0.2, 0.25) is 0 Å². The molecule has 0 aromatic heterocycles. The Morgan fingerprint density at radius 1 is 1.30 bits per heavy atom. The summed E-state index contributed by atoms with van der Waals surface area (Å²) in [5.74, 6) is 0.767. The van der Waals surface area contributed by atoms with Crippen molar-refractivity contribution < 1.29 is 14.9 Å². The molecule has 0 saturated heterocycles. The van der Waals surface area contributed by atoms with E-state index in [1.54, 1.807) is 0 Å². The van der Waals surface area contributed by atoms with E-state index in [4.69, 9.17) is 4.74 Å². The molecule has 1 rings (SSSR count). The zero-order valence-corrected chi connectivity index (χ0v) is 13.9. The van der Waals surface area contributed by atoms with Crippen LogP contribution in [0, 0.1) is 12.8 Å². The van der Waals surface area contributed by atoms with Crippen LogP contribution in [0.5, 0.6) is 5.75 Å². The summed E-state index contributed by atoms with van der Waals surface area (Å²) in [6.45, 7) is 7.93. The highest BCUT2D eigenvalue weighted by Crippen LogP contribution is 2.26. The fourth-order valence-electron chi connectivity index (χ4n) is 1.81. The first-order valence-electron chi connectivity index (χ1n) is 6.84. The van der Waals surface area contributed by atoms with Gasteiger partial charge in [0.05, 0.1) is 12.7 Å². The highest BCUT2D eigenvalue weighted by molar-refractivity contribution is 9.10. The zero-order valence-electron chi connectivity index (χ0n) is 12.3. The van der Waals surface area contributed by atoms with Crippen LogP contribution >= 0.6 is 15.9 Å². The standard InChI is InChI=1S/C15H24BrNO3/c1-10(2)8-20-9-14(18)7-17-6-12-5-13(16)4-11(3)15(12)19/h4-5,10,14,17-19H,6-9H2,1-3H3. The number of aliphatic hydroxyl groups excluding tert-OH is 1. The molecule has 0 heterocycles. The van der Waals surface area contributed by atoms with Gasteiger partial charge in [-0.3, -0.25) is 0 Å². The highest BCUT2D eigenvalue weighted by Gasteiger charge is 2.08. The molecule has 114 valence electrons. The molecule has 3 N–H and O–H groups in total. The maximum Gasteiger partial charge on any atom is 0.123 e. The van der Waals surface area contributed by atoms with Crippen LogP contribution in [-0.4, -0.2) is 36.1 Å². The number of phenols is 1. The molecule has 5 heteroatoms. The van der Waals surface area contributed by atoms with E-state index in [0.29, 0.717) is 38.0 Å². The van der Waals surface area contributed by atoms with Crippen molar-refractivity contribution in [2.24, 2.45) is 5.92 Å². The molecule has 0 spiro atoms. The number of nitrogens with one attached hydrogen (secondary N) is 1. The van der Waals surface area contributed by atoms with Gasteiger partial charge in [-0.15, -0.1) is 0 Å². The molecule has 1 atom stereocenters. The predicted molar refractivity (Wildman–Crippen MR) is 83.9 cm³/mol. The number of hydrogen-bond acceptors (Lipinski definition) is 4. The Morgan fingerprint density at radius 3 is 2.65 bits per heavy atom. The Labute approximate surface area is 129 Å². The van der Waals surface area contributed by atoms with E-state index in [1.165, 1.54) is 0 Å². The van der Waals surface area contributed by atoms with Crippen LogP contribution < -0.4 is 5.32 Å². The van der Waals surface area contributed by atoms with Crippen LogP contribution in [0.2, 0.25) is 0 Å². The molecule has 1 aromatic carbocycles. The third-order valence-electron chi connectivity index (χ3n) is 2.80. The normalized spacial score (nSPS) is 12.9. The minimum atomic E-state index is -0.538. The van der Waals surface area contributed by atoms with Crippen molar-refractivity contribution >= 4 is 15.9 Å². The Morgan fingerprint density at radius 2 is 2.00 bits per heavy atom. The van der Waals surface area contributed by atoms with Gasteiger partial charge in [0.15, 0.2) is 0 Å². The van der Waals surface area contributed by atoms with Crippen LogP contribution in [0.15, 0.2) is 16.6 Å². The zero-order chi connectivity index (χ0) is 15.1. The van der Waals surface area contributed by atoms with Crippen molar-refractivity contribution in [2.45, 2.75) is 33.4 Å². The molecule has 0 saturated carbocycles. The van der Waals surface area contributed by atoms with E-state index in [-0.39, 0.29) is 0 Å². The number of aryl methyl sites for hydroxylation is 1. The summed E-state index contributed by atoms with van der Waals surface area (Å²) in [6.07, 6.45) is -0.538. The summed E-state index contributed by atoms with van der Waals surface area (Å²) in [6, 6.07) is 3.74. The Balaban J connectivity index is 2.33. The van der Waals surface area contributed by atoms with Crippen molar-refractivity contribution in [1.29, 1.82) is 0 Å². The lowest BCUT2D eigenvalue weighted by atomic mass is 10.1. The van der Waals surface area contributed by atoms with Gasteiger partial charge in [-0.25, -0.2) is 0 Å². The second kappa shape index (κ2) is 8.62. The van der Waals surface area contributed by atoms with Crippen molar-refractivity contribution in [1.82, 2.24) is 5.32 Å². The summed E-state index contributed by atoms with van der Waals surface area (Å²) in [5.41, 5.74) is 1.64. The molecule has 0 amide bonds. The first-order valence-corrected chi connectivity index (χ1v) is 7.64. The monoisotopic (exact) mass is 345 g/mol. The van der Waals surface area contributed by atoms with Crippen molar-refractivity contribution in [2.75, 3.05) is 19.8 Å². The molecule has 1 unspecified atom stereocenters. The number of phenolic OH excluding ortho intramolecular Hbond substituents is 1. The molecule has 4 nitrogen and oxygen atoms in total. The lowest BCUT2D eigenvalue weighted by Crippen LogP contribution is -2.30. The maximum absolute atomic E-state index is 9.94. The van der Waals surface area contributed by atoms with Gasteiger partial charge in [0, 0.05) is 29.7 Å². The predicted octanol–water partition coefficient (Wildman–Crippen LogP) is 2.59. The Bertz CT molecular complexity index is 424. The van der Waals surface area contributed by atoms with Gasteiger partial charge >= 0.3 is 0 Å². The third kappa shape index (κ3) is 6.22. The number of benzene rings is 1. The van der Waals surface area contributed by atoms with Gasteiger partial charge in [0.1, 0.15) is 5.75 Å². The van der Waals surface area contributed by atoms with E-state index in [0.717, 1.165) is 15.6 Å². The van der Waals surface area contributed by atoms with E-state index in [2.05, 4.69) is 35.1 Å². The first kappa shape index (κ1) is 17.4. The van der Waals surface area contributed by atoms with Crippen molar-refractivity contribution in [3.63, 3.8) is 0 Å². The van der Waals surface area contributed by atoms with E-state index in [9.17, 15) is 10.2 Å². The maximum atomic E-state index is 9.94. The van der Waals surface area contributed by atoms with Crippen LogP contribution in [0.3, 0.4) is 0 Å². The minimum absolute atomic E-state index is 0.297. The SMILES string of the molecule is Cc1cc(Br)cc(CNCC(O)COCC(C)C)c1O.